The summed E-state index contributed by atoms with van der Waals surface area (Å²) in [5, 5.41) is 0. The SMILES string of the molecule is CCCCC[C@H]1CC[C@H](C2=CC(=O)CCC2)CC1. The van der Waals surface area contributed by atoms with Crippen LogP contribution in [0, 0.1) is 11.8 Å². The minimum atomic E-state index is 0.376. The molecule has 2 rings (SSSR count). The highest BCUT2D eigenvalue weighted by Gasteiger charge is 2.25. The van der Waals surface area contributed by atoms with Crippen molar-refractivity contribution in [3.05, 3.63) is 11.6 Å². The molecule has 0 radical (unpaired) electrons. The number of hydrogen-bond acceptors (Lipinski definition) is 1. The third-order valence-electron chi connectivity index (χ3n) is 4.82. The molecule has 0 atom stereocenters. The molecule has 0 aromatic rings. The Morgan fingerprint density at radius 2 is 1.89 bits per heavy atom. The average molecular weight is 248 g/mol. The van der Waals surface area contributed by atoms with Gasteiger partial charge in [0.1, 0.15) is 0 Å². The van der Waals surface area contributed by atoms with E-state index >= 15 is 0 Å². The lowest BCUT2D eigenvalue weighted by Crippen LogP contribution is -2.18. The summed E-state index contributed by atoms with van der Waals surface area (Å²) in [6, 6.07) is 0. The lowest BCUT2D eigenvalue weighted by molar-refractivity contribution is -0.115. The number of carbonyl (C=O) groups excluding carboxylic acids is 1. The van der Waals surface area contributed by atoms with Crippen molar-refractivity contribution in [2.45, 2.75) is 77.6 Å². The number of unbranched alkanes of at least 4 members (excludes halogenated alkanes) is 2. The van der Waals surface area contributed by atoms with Crippen LogP contribution in [0.1, 0.15) is 77.6 Å². The van der Waals surface area contributed by atoms with Gasteiger partial charge in [-0.2, -0.15) is 0 Å². The van der Waals surface area contributed by atoms with Crippen LogP contribution in [-0.4, -0.2) is 5.78 Å². The van der Waals surface area contributed by atoms with Crippen LogP contribution in [0.25, 0.3) is 0 Å². The number of ketones is 1. The molecule has 0 amide bonds. The van der Waals surface area contributed by atoms with Crippen LogP contribution < -0.4 is 0 Å². The topological polar surface area (TPSA) is 17.1 Å². The number of hydrogen-bond donors (Lipinski definition) is 0. The first-order chi connectivity index (χ1) is 8.79. The smallest absolute Gasteiger partial charge is 0.155 e. The third kappa shape index (κ3) is 3.96. The second-order valence-electron chi connectivity index (χ2n) is 6.25. The Bertz CT molecular complexity index is 295. The van der Waals surface area contributed by atoms with E-state index in [2.05, 4.69) is 6.92 Å². The molecule has 0 saturated heterocycles. The highest BCUT2D eigenvalue weighted by atomic mass is 16.1. The van der Waals surface area contributed by atoms with Crippen molar-refractivity contribution >= 4 is 5.78 Å². The summed E-state index contributed by atoms with van der Waals surface area (Å²) in [6.45, 7) is 2.28. The van der Waals surface area contributed by atoms with Gasteiger partial charge in [-0.1, -0.05) is 38.2 Å². The standard InChI is InChI=1S/C17H28O/c1-2-3-4-6-14-9-11-15(12-10-14)16-7-5-8-17(18)13-16/h13-15H,2-12H2,1H3/t14-,15-. The van der Waals surface area contributed by atoms with E-state index in [4.69, 9.17) is 0 Å². The van der Waals surface area contributed by atoms with Gasteiger partial charge < -0.3 is 0 Å². The highest BCUT2D eigenvalue weighted by Crippen LogP contribution is 2.38. The summed E-state index contributed by atoms with van der Waals surface area (Å²) < 4.78 is 0. The van der Waals surface area contributed by atoms with E-state index in [1.54, 1.807) is 0 Å². The Morgan fingerprint density at radius 3 is 2.56 bits per heavy atom. The predicted molar refractivity (Wildman–Crippen MR) is 76.5 cm³/mol. The Balaban J connectivity index is 1.74. The zero-order chi connectivity index (χ0) is 12.8. The van der Waals surface area contributed by atoms with E-state index in [0.717, 1.165) is 24.7 Å². The van der Waals surface area contributed by atoms with Crippen molar-refractivity contribution in [3.8, 4) is 0 Å². The maximum Gasteiger partial charge on any atom is 0.155 e. The number of carbonyl (C=O) groups is 1. The number of rotatable bonds is 5. The predicted octanol–water partition coefficient (Wildman–Crippen LogP) is 5.05. The van der Waals surface area contributed by atoms with Crippen LogP contribution >= 0.6 is 0 Å². The summed E-state index contributed by atoms with van der Waals surface area (Å²) in [6.07, 6.45) is 16.2. The summed E-state index contributed by atoms with van der Waals surface area (Å²) in [7, 11) is 0. The van der Waals surface area contributed by atoms with Crippen molar-refractivity contribution in [3.63, 3.8) is 0 Å². The molecule has 2 aliphatic carbocycles. The molecule has 2 aliphatic rings. The van der Waals surface area contributed by atoms with E-state index in [-0.39, 0.29) is 0 Å². The van der Waals surface area contributed by atoms with Gasteiger partial charge in [0.05, 0.1) is 0 Å². The van der Waals surface area contributed by atoms with Crippen molar-refractivity contribution in [1.82, 2.24) is 0 Å². The van der Waals surface area contributed by atoms with Crippen LogP contribution in [0.3, 0.4) is 0 Å². The molecule has 0 aromatic carbocycles. The lowest BCUT2D eigenvalue weighted by atomic mass is 9.74. The molecule has 1 saturated carbocycles. The second kappa shape index (κ2) is 7.11. The summed E-state index contributed by atoms with van der Waals surface area (Å²) in [5.41, 5.74) is 1.48. The fourth-order valence-corrected chi connectivity index (χ4v) is 3.64. The molecule has 18 heavy (non-hydrogen) atoms. The molecule has 0 N–H and O–H groups in total. The van der Waals surface area contributed by atoms with Crippen LogP contribution in [0.4, 0.5) is 0 Å². The molecule has 0 heterocycles. The normalized spacial score (nSPS) is 29.2. The molecular weight excluding hydrogens is 220 g/mol. The van der Waals surface area contributed by atoms with Gasteiger partial charge in [0, 0.05) is 6.42 Å². The molecule has 1 nitrogen and oxygen atoms in total. The fraction of sp³-hybridized carbons (Fsp3) is 0.824. The Kier molecular flexibility index (Phi) is 5.46. The quantitative estimate of drug-likeness (QED) is 0.622. The van der Waals surface area contributed by atoms with Gasteiger partial charge in [0.2, 0.25) is 0 Å². The minimum absolute atomic E-state index is 0.376. The third-order valence-corrected chi connectivity index (χ3v) is 4.82. The fourth-order valence-electron chi connectivity index (χ4n) is 3.64. The Labute approximate surface area is 112 Å². The maximum atomic E-state index is 11.5. The molecule has 0 aliphatic heterocycles. The molecule has 0 spiro atoms. The molecule has 0 aromatic heterocycles. The molecule has 0 unspecified atom stereocenters. The number of allylic oxidation sites excluding steroid dienone is 2. The zero-order valence-electron chi connectivity index (χ0n) is 11.9. The van der Waals surface area contributed by atoms with Gasteiger partial charge in [0.25, 0.3) is 0 Å². The highest BCUT2D eigenvalue weighted by molar-refractivity contribution is 5.91. The van der Waals surface area contributed by atoms with E-state index in [1.807, 2.05) is 6.08 Å². The molecule has 1 heteroatoms. The average Bonchev–Trinajstić information content (AvgIpc) is 2.40. The van der Waals surface area contributed by atoms with Crippen molar-refractivity contribution < 1.29 is 4.79 Å². The van der Waals surface area contributed by atoms with Crippen LogP contribution in [0.2, 0.25) is 0 Å². The summed E-state index contributed by atoms with van der Waals surface area (Å²) in [5.74, 6) is 2.10. The van der Waals surface area contributed by atoms with Gasteiger partial charge in [0.15, 0.2) is 5.78 Å². The van der Waals surface area contributed by atoms with E-state index < -0.39 is 0 Å². The van der Waals surface area contributed by atoms with Crippen molar-refractivity contribution in [2.75, 3.05) is 0 Å². The van der Waals surface area contributed by atoms with Crippen LogP contribution in [-0.2, 0) is 4.79 Å². The largest absolute Gasteiger partial charge is 0.295 e. The van der Waals surface area contributed by atoms with Crippen molar-refractivity contribution in [2.24, 2.45) is 11.8 Å². The van der Waals surface area contributed by atoms with E-state index in [1.165, 1.54) is 63.4 Å². The molecule has 0 bridgehead atoms. The summed E-state index contributed by atoms with van der Waals surface area (Å²) >= 11 is 0. The zero-order valence-corrected chi connectivity index (χ0v) is 11.9. The Morgan fingerprint density at radius 1 is 1.11 bits per heavy atom. The van der Waals surface area contributed by atoms with Gasteiger partial charge in [-0.15, -0.1) is 0 Å². The first-order valence-electron chi connectivity index (χ1n) is 8.03. The second-order valence-corrected chi connectivity index (χ2v) is 6.25. The molecule has 1 fully saturated rings. The minimum Gasteiger partial charge on any atom is -0.295 e. The first-order valence-corrected chi connectivity index (χ1v) is 8.03. The molecule has 102 valence electrons. The van der Waals surface area contributed by atoms with Gasteiger partial charge in [-0.05, 0) is 56.4 Å². The summed E-state index contributed by atoms with van der Waals surface area (Å²) in [4.78, 5) is 11.5. The maximum absolute atomic E-state index is 11.5. The van der Waals surface area contributed by atoms with Gasteiger partial charge in [-0.25, -0.2) is 0 Å². The van der Waals surface area contributed by atoms with Gasteiger partial charge >= 0.3 is 0 Å². The van der Waals surface area contributed by atoms with Crippen LogP contribution in [0.5, 0.6) is 0 Å². The van der Waals surface area contributed by atoms with Crippen LogP contribution in [0.15, 0.2) is 11.6 Å². The van der Waals surface area contributed by atoms with E-state index in [9.17, 15) is 4.79 Å². The van der Waals surface area contributed by atoms with E-state index in [0.29, 0.717) is 5.78 Å². The Hall–Kier alpha value is -0.590. The first kappa shape index (κ1) is 13.8. The lowest BCUT2D eigenvalue weighted by Gasteiger charge is -2.31. The monoisotopic (exact) mass is 248 g/mol. The molecular formula is C17H28O. The van der Waals surface area contributed by atoms with Crippen molar-refractivity contribution in [1.29, 1.82) is 0 Å². The van der Waals surface area contributed by atoms with Gasteiger partial charge in [-0.3, -0.25) is 4.79 Å².